The number of thiazole rings is 1. The van der Waals surface area contributed by atoms with E-state index in [1.54, 1.807) is 11.3 Å². The topological polar surface area (TPSA) is 42.7 Å². The first kappa shape index (κ1) is 11.9. The Balaban J connectivity index is 1.84. The van der Waals surface area contributed by atoms with Crippen LogP contribution < -0.4 is 5.32 Å². The second kappa shape index (κ2) is 4.82. The molecule has 96 valence electrons. The molecule has 0 saturated heterocycles. The van der Waals surface area contributed by atoms with Crippen molar-refractivity contribution in [3.8, 4) is 10.7 Å². The fourth-order valence-electron chi connectivity index (χ4n) is 2.00. The number of aryl methyl sites for hydroxylation is 2. The van der Waals surface area contributed by atoms with Gasteiger partial charge in [-0.15, -0.1) is 11.3 Å². The quantitative estimate of drug-likeness (QED) is 0.899. The van der Waals surface area contributed by atoms with E-state index in [2.05, 4.69) is 17.2 Å². The van der Waals surface area contributed by atoms with Crippen LogP contribution in [0.3, 0.4) is 0 Å². The van der Waals surface area contributed by atoms with Crippen LogP contribution >= 0.6 is 11.3 Å². The highest BCUT2D eigenvalue weighted by molar-refractivity contribution is 7.15. The molecule has 18 heavy (non-hydrogen) atoms. The van der Waals surface area contributed by atoms with Crippen molar-refractivity contribution in [2.75, 3.05) is 0 Å². The molecular weight excluding hydrogens is 244 g/mol. The van der Waals surface area contributed by atoms with Gasteiger partial charge in [-0.3, -0.25) is 0 Å². The molecule has 2 aromatic heterocycles. The number of rotatable bonds is 5. The van der Waals surface area contributed by atoms with Gasteiger partial charge in [-0.1, -0.05) is 6.92 Å². The van der Waals surface area contributed by atoms with Gasteiger partial charge in [0.25, 0.3) is 0 Å². The first-order valence-electron chi connectivity index (χ1n) is 6.46. The van der Waals surface area contributed by atoms with E-state index in [9.17, 15) is 0 Å². The molecular formula is C13H18N4S. The van der Waals surface area contributed by atoms with Crippen molar-refractivity contribution in [1.29, 1.82) is 0 Å². The summed E-state index contributed by atoms with van der Waals surface area (Å²) in [5.41, 5.74) is 2.33. The van der Waals surface area contributed by atoms with Gasteiger partial charge >= 0.3 is 0 Å². The van der Waals surface area contributed by atoms with Crippen LogP contribution in [0.5, 0.6) is 0 Å². The second-order valence-electron chi connectivity index (χ2n) is 4.79. The fraction of sp³-hybridized carbons (Fsp3) is 0.538. The van der Waals surface area contributed by atoms with Crippen LogP contribution in [0.4, 0.5) is 0 Å². The van der Waals surface area contributed by atoms with Gasteiger partial charge in [0, 0.05) is 24.5 Å². The van der Waals surface area contributed by atoms with E-state index in [4.69, 9.17) is 4.98 Å². The van der Waals surface area contributed by atoms with Crippen LogP contribution in [0.25, 0.3) is 10.7 Å². The fourth-order valence-corrected chi connectivity index (χ4v) is 3.15. The minimum Gasteiger partial charge on any atom is -0.332 e. The van der Waals surface area contributed by atoms with Gasteiger partial charge in [-0.2, -0.15) is 0 Å². The van der Waals surface area contributed by atoms with E-state index >= 15 is 0 Å². The molecule has 2 heterocycles. The van der Waals surface area contributed by atoms with E-state index in [0.717, 1.165) is 29.7 Å². The number of nitrogens with zero attached hydrogens (tertiary/aromatic N) is 3. The van der Waals surface area contributed by atoms with Crippen molar-refractivity contribution in [1.82, 2.24) is 19.9 Å². The molecule has 2 aromatic rings. The molecule has 4 nitrogen and oxygen atoms in total. The maximum absolute atomic E-state index is 4.75. The number of imidazole rings is 1. The van der Waals surface area contributed by atoms with Crippen LogP contribution in [0.15, 0.2) is 12.5 Å². The molecule has 0 amide bonds. The monoisotopic (exact) mass is 262 g/mol. The Kier molecular flexibility index (Phi) is 3.18. The largest absolute Gasteiger partial charge is 0.332 e. The normalized spacial score (nSPS) is 15.2. The lowest BCUT2D eigenvalue weighted by atomic mass is 10.3. The molecule has 1 saturated carbocycles. The zero-order valence-corrected chi connectivity index (χ0v) is 11.6. The number of hydrogen-bond donors (Lipinski definition) is 1. The smallest absolute Gasteiger partial charge is 0.142 e. The van der Waals surface area contributed by atoms with Gasteiger partial charge in [0.2, 0.25) is 0 Å². The van der Waals surface area contributed by atoms with Gasteiger partial charge in [-0.25, -0.2) is 9.97 Å². The van der Waals surface area contributed by atoms with Gasteiger partial charge in [0.05, 0.1) is 23.9 Å². The molecule has 0 unspecified atom stereocenters. The Hall–Kier alpha value is -1.20. The first-order valence-corrected chi connectivity index (χ1v) is 7.28. The first-order chi connectivity index (χ1) is 8.78. The van der Waals surface area contributed by atoms with Crippen molar-refractivity contribution in [2.45, 2.75) is 38.8 Å². The van der Waals surface area contributed by atoms with E-state index in [1.807, 2.05) is 24.1 Å². The summed E-state index contributed by atoms with van der Waals surface area (Å²) in [4.78, 5) is 10.3. The third-order valence-electron chi connectivity index (χ3n) is 3.28. The number of hydrogen-bond acceptors (Lipinski definition) is 4. The average Bonchev–Trinajstić information content (AvgIpc) is 2.96. The maximum Gasteiger partial charge on any atom is 0.142 e. The van der Waals surface area contributed by atoms with Crippen molar-refractivity contribution >= 4 is 11.3 Å². The van der Waals surface area contributed by atoms with Crippen molar-refractivity contribution in [3.63, 3.8) is 0 Å². The van der Waals surface area contributed by atoms with E-state index in [0.29, 0.717) is 0 Å². The molecule has 5 heteroatoms. The molecule has 1 fully saturated rings. The standard InChI is InChI=1S/C13H18N4S/c1-3-10-12(7-15-9-4-5-9)18-13(16-10)11-6-14-8-17(11)2/h6,8-9,15H,3-5,7H2,1-2H3. The molecule has 1 aliphatic carbocycles. The Bertz CT molecular complexity index is 539. The van der Waals surface area contributed by atoms with Crippen LogP contribution in [-0.4, -0.2) is 20.6 Å². The molecule has 0 atom stereocenters. The second-order valence-corrected chi connectivity index (χ2v) is 5.87. The SMILES string of the molecule is CCc1nc(-c2cncn2C)sc1CNC1CC1. The summed E-state index contributed by atoms with van der Waals surface area (Å²) in [5, 5.41) is 4.65. The molecule has 0 aliphatic heterocycles. The Morgan fingerprint density at radius 3 is 2.94 bits per heavy atom. The van der Waals surface area contributed by atoms with Crippen LogP contribution in [-0.2, 0) is 20.0 Å². The Labute approximate surface area is 111 Å². The summed E-state index contributed by atoms with van der Waals surface area (Å²) in [7, 11) is 2.01. The minimum absolute atomic E-state index is 0.747. The van der Waals surface area contributed by atoms with Gasteiger partial charge < -0.3 is 9.88 Å². The predicted octanol–water partition coefficient (Wildman–Crippen LogP) is 2.36. The Morgan fingerprint density at radius 2 is 2.33 bits per heavy atom. The lowest BCUT2D eigenvalue weighted by Crippen LogP contribution is -2.15. The summed E-state index contributed by atoms with van der Waals surface area (Å²) in [6.07, 6.45) is 7.36. The highest BCUT2D eigenvalue weighted by Gasteiger charge is 2.21. The molecule has 1 N–H and O–H groups in total. The molecule has 0 radical (unpaired) electrons. The molecule has 3 rings (SSSR count). The Morgan fingerprint density at radius 1 is 1.50 bits per heavy atom. The summed E-state index contributed by atoms with van der Waals surface area (Å²) >= 11 is 1.79. The number of aromatic nitrogens is 3. The molecule has 0 bridgehead atoms. The van der Waals surface area contributed by atoms with Crippen molar-refractivity contribution < 1.29 is 0 Å². The van der Waals surface area contributed by atoms with E-state index in [-0.39, 0.29) is 0 Å². The average molecular weight is 262 g/mol. The zero-order valence-electron chi connectivity index (χ0n) is 10.8. The maximum atomic E-state index is 4.75. The van der Waals surface area contributed by atoms with Crippen molar-refractivity contribution in [2.24, 2.45) is 7.05 Å². The summed E-state index contributed by atoms with van der Waals surface area (Å²) < 4.78 is 2.02. The highest BCUT2D eigenvalue weighted by atomic mass is 32.1. The van der Waals surface area contributed by atoms with Crippen LogP contribution in [0.1, 0.15) is 30.3 Å². The van der Waals surface area contributed by atoms with E-state index < -0.39 is 0 Å². The van der Waals surface area contributed by atoms with Crippen LogP contribution in [0.2, 0.25) is 0 Å². The number of nitrogens with one attached hydrogen (secondary N) is 1. The lowest BCUT2D eigenvalue weighted by Gasteiger charge is -2.00. The third kappa shape index (κ3) is 2.33. The highest BCUT2D eigenvalue weighted by Crippen LogP contribution is 2.29. The summed E-state index contributed by atoms with van der Waals surface area (Å²) in [6.45, 7) is 3.13. The summed E-state index contributed by atoms with van der Waals surface area (Å²) in [6, 6.07) is 0.747. The van der Waals surface area contributed by atoms with Gasteiger partial charge in [-0.05, 0) is 19.3 Å². The zero-order chi connectivity index (χ0) is 12.5. The van der Waals surface area contributed by atoms with E-state index in [1.165, 1.54) is 23.4 Å². The minimum atomic E-state index is 0.747. The summed E-state index contributed by atoms with van der Waals surface area (Å²) in [5.74, 6) is 0. The molecule has 1 aliphatic rings. The third-order valence-corrected chi connectivity index (χ3v) is 4.40. The molecule has 0 aromatic carbocycles. The lowest BCUT2D eigenvalue weighted by molar-refractivity contribution is 0.689. The van der Waals surface area contributed by atoms with Gasteiger partial charge in [0.1, 0.15) is 5.01 Å². The van der Waals surface area contributed by atoms with Crippen molar-refractivity contribution in [3.05, 3.63) is 23.1 Å². The van der Waals surface area contributed by atoms with Crippen LogP contribution in [0, 0.1) is 0 Å². The molecule has 0 spiro atoms. The van der Waals surface area contributed by atoms with Gasteiger partial charge in [0.15, 0.2) is 0 Å². The predicted molar refractivity (Wildman–Crippen MR) is 73.6 cm³/mol.